The van der Waals surface area contributed by atoms with E-state index in [0.29, 0.717) is 32.9 Å². The molecule has 0 aliphatic carbocycles. The standard InChI is InChI=1S/C23H16Cl2N2O4/c24-18-8-5-16(12-19(18)25)20(27-26-17-6-3-15(4-7-17)23(28)29)9-1-14-2-10-21-22(11-14)31-13-30-21/h1-12,26H,13H2,(H,28,29). The smallest absolute Gasteiger partial charge is 0.335 e. The fourth-order valence-corrected chi connectivity index (χ4v) is 3.16. The van der Waals surface area contributed by atoms with E-state index in [1.807, 2.05) is 36.4 Å². The first-order valence-electron chi connectivity index (χ1n) is 9.20. The predicted molar refractivity (Wildman–Crippen MR) is 122 cm³/mol. The molecule has 156 valence electrons. The number of fused-ring (bicyclic) bond motifs is 1. The van der Waals surface area contributed by atoms with Crippen molar-refractivity contribution >= 4 is 46.6 Å². The highest BCUT2D eigenvalue weighted by Crippen LogP contribution is 2.33. The van der Waals surface area contributed by atoms with E-state index >= 15 is 0 Å². The van der Waals surface area contributed by atoms with Crippen LogP contribution in [-0.2, 0) is 0 Å². The van der Waals surface area contributed by atoms with Gasteiger partial charge in [0.1, 0.15) is 0 Å². The van der Waals surface area contributed by atoms with Crippen LogP contribution < -0.4 is 14.9 Å². The molecule has 0 fully saturated rings. The lowest BCUT2D eigenvalue weighted by atomic mass is 10.1. The molecule has 0 unspecified atom stereocenters. The number of anilines is 1. The molecular weight excluding hydrogens is 439 g/mol. The summed E-state index contributed by atoms with van der Waals surface area (Å²) in [5.41, 5.74) is 6.03. The molecule has 2 N–H and O–H groups in total. The Bertz CT molecular complexity index is 1190. The number of carbonyl (C=O) groups is 1. The van der Waals surface area contributed by atoms with Crippen LogP contribution in [0.2, 0.25) is 10.0 Å². The van der Waals surface area contributed by atoms with Crippen LogP contribution in [-0.4, -0.2) is 23.6 Å². The number of nitrogens with one attached hydrogen (secondary N) is 1. The lowest BCUT2D eigenvalue weighted by Gasteiger charge is -2.07. The van der Waals surface area contributed by atoms with Crippen molar-refractivity contribution in [1.82, 2.24) is 0 Å². The Kier molecular flexibility index (Phi) is 6.11. The monoisotopic (exact) mass is 454 g/mol. The average Bonchev–Trinajstić information content (AvgIpc) is 3.24. The summed E-state index contributed by atoms with van der Waals surface area (Å²) < 4.78 is 10.8. The highest BCUT2D eigenvalue weighted by Gasteiger charge is 2.12. The number of hydrogen-bond donors (Lipinski definition) is 2. The van der Waals surface area contributed by atoms with E-state index in [1.165, 1.54) is 12.1 Å². The van der Waals surface area contributed by atoms with Gasteiger partial charge in [-0.05, 0) is 60.2 Å². The van der Waals surface area contributed by atoms with E-state index in [-0.39, 0.29) is 12.4 Å². The summed E-state index contributed by atoms with van der Waals surface area (Å²) in [7, 11) is 0. The normalized spacial score (nSPS) is 12.9. The fraction of sp³-hybridized carbons (Fsp3) is 0.0435. The quantitative estimate of drug-likeness (QED) is 0.355. The zero-order valence-corrected chi connectivity index (χ0v) is 17.5. The van der Waals surface area contributed by atoms with E-state index in [1.54, 1.807) is 24.3 Å². The number of halogens is 2. The van der Waals surface area contributed by atoms with Crippen LogP contribution in [0.4, 0.5) is 5.69 Å². The first-order chi connectivity index (χ1) is 15.0. The van der Waals surface area contributed by atoms with Crippen molar-refractivity contribution in [1.29, 1.82) is 0 Å². The highest BCUT2D eigenvalue weighted by atomic mass is 35.5. The molecule has 0 spiro atoms. The van der Waals surface area contributed by atoms with Crippen molar-refractivity contribution in [3.05, 3.63) is 93.5 Å². The second-order valence-electron chi connectivity index (χ2n) is 6.57. The molecule has 1 aliphatic heterocycles. The van der Waals surface area contributed by atoms with Crippen LogP contribution in [0.15, 0.2) is 71.8 Å². The minimum absolute atomic E-state index is 0.196. The van der Waals surface area contributed by atoms with E-state index in [4.69, 9.17) is 37.8 Å². The van der Waals surface area contributed by atoms with Crippen LogP contribution >= 0.6 is 23.2 Å². The summed E-state index contributed by atoms with van der Waals surface area (Å²) in [6.45, 7) is 0.211. The summed E-state index contributed by atoms with van der Waals surface area (Å²) >= 11 is 12.2. The van der Waals surface area contributed by atoms with Gasteiger partial charge in [-0.3, -0.25) is 5.43 Å². The molecule has 1 heterocycles. The second kappa shape index (κ2) is 9.12. The highest BCUT2D eigenvalue weighted by molar-refractivity contribution is 6.42. The summed E-state index contributed by atoms with van der Waals surface area (Å²) in [6, 6.07) is 17.2. The van der Waals surface area contributed by atoms with Crippen molar-refractivity contribution in [2.75, 3.05) is 12.2 Å². The van der Waals surface area contributed by atoms with E-state index in [0.717, 1.165) is 11.1 Å². The SMILES string of the molecule is O=C(O)c1ccc(NN=C(C=Cc2ccc3c(c2)OCO3)c2ccc(Cl)c(Cl)c2)cc1. The van der Waals surface area contributed by atoms with Crippen LogP contribution in [0.3, 0.4) is 0 Å². The molecule has 31 heavy (non-hydrogen) atoms. The number of nitrogens with zero attached hydrogens (tertiary/aromatic N) is 1. The molecule has 0 saturated heterocycles. The van der Waals surface area contributed by atoms with Crippen LogP contribution in [0.25, 0.3) is 6.08 Å². The average molecular weight is 455 g/mol. The number of carboxylic acid groups (broad SMARTS) is 1. The Morgan fingerprint density at radius 1 is 0.935 bits per heavy atom. The number of hydrazone groups is 1. The molecule has 0 amide bonds. The molecule has 0 saturated carbocycles. The first kappa shape index (κ1) is 20.8. The van der Waals surface area contributed by atoms with Gasteiger partial charge in [-0.25, -0.2) is 4.79 Å². The Hall–Kier alpha value is -3.48. The van der Waals surface area contributed by atoms with Crippen molar-refractivity contribution in [2.45, 2.75) is 0 Å². The van der Waals surface area contributed by atoms with Crippen LogP contribution in [0, 0.1) is 0 Å². The Morgan fingerprint density at radius 3 is 2.42 bits per heavy atom. The minimum Gasteiger partial charge on any atom is -0.478 e. The zero-order valence-electron chi connectivity index (χ0n) is 16.0. The number of rotatable bonds is 6. The van der Waals surface area contributed by atoms with Gasteiger partial charge in [-0.15, -0.1) is 0 Å². The molecule has 8 heteroatoms. The number of aromatic carboxylic acids is 1. The Labute approximate surface area is 188 Å². The van der Waals surface area contributed by atoms with Gasteiger partial charge >= 0.3 is 5.97 Å². The number of carboxylic acids is 1. The lowest BCUT2D eigenvalue weighted by Crippen LogP contribution is -2.02. The summed E-state index contributed by atoms with van der Waals surface area (Å²) in [5, 5.41) is 14.4. The lowest BCUT2D eigenvalue weighted by molar-refractivity contribution is 0.0697. The molecular formula is C23H16Cl2N2O4. The van der Waals surface area contributed by atoms with Crippen molar-refractivity contribution in [3.8, 4) is 11.5 Å². The Morgan fingerprint density at radius 2 is 1.68 bits per heavy atom. The minimum atomic E-state index is -0.988. The van der Waals surface area contributed by atoms with Crippen molar-refractivity contribution in [3.63, 3.8) is 0 Å². The summed E-state index contributed by atoms with van der Waals surface area (Å²) in [4.78, 5) is 11.0. The first-order valence-corrected chi connectivity index (χ1v) is 9.95. The van der Waals surface area contributed by atoms with Gasteiger partial charge in [-0.2, -0.15) is 5.10 Å². The third-order valence-corrected chi connectivity index (χ3v) is 5.22. The maximum Gasteiger partial charge on any atom is 0.335 e. The summed E-state index contributed by atoms with van der Waals surface area (Å²) in [6.07, 6.45) is 3.72. The van der Waals surface area contributed by atoms with Gasteiger partial charge < -0.3 is 14.6 Å². The van der Waals surface area contributed by atoms with E-state index < -0.39 is 5.97 Å². The van der Waals surface area contributed by atoms with Gasteiger partial charge in [0.25, 0.3) is 0 Å². The molecule has 4 rings (SSSR count). The maximum atomic E-state index is 11.0. The predicted octanol–water partition coefficient (Wildman–Crippen LogP) is 5.95. The molecule has 0 radical (unpaired) electrons. The molecule has 0 aromatic heterocycles. The van der Waals surface area contributed by atoms with Crippen molar-refractivity contribution in [2.24, 2.45) is 5.10 Å². The van der Waals surface area contributed by atoms with Gasteiger partial charge in [0.05, 0.1) is 27.0 Å². The molecule has 0 bridgehead atoms. The van der Waals surface area contributed by atoms with Gasteiger partial charge in [-0.1, -0.05) is 41.4 Å². The second-order valence-corrected chi connectivity index (χ2v) is 7.38. The largest absolute Gasteiger partial charge is 0.478 e. The topological polar surface area (TPSA) is 80.2 Å². The van der Waals surface area contributed by atoms with Gasteiger partial charge in [0.2, 0.25) is 6.79 Å². The van der Waals surface area contributed by atoms with Gasteiger partial charge in [0, 0.05) is 5.56 Å². The van der Waals surface area contributed by atoms with Crippen LogP contribution in [0.1, 0.15) is 21.5 Å². The maximum absolute atomic E-state index is 11.0. The van der Waals surface area contributed by atoms with Crippen molar-refractivity contribution < 1.29 is 19.4 Å². The zero-order chi connectivity index (χ0) is 21.8. The molecule has 3 aromatic rings. The fourth-order valence-electron chi connectivity index (χ4n) is 2.86. The summed E-state index contributed by atoms with van der Waals surface area (Å²) in [5.74, 6) is 0.409. The van der Waals surface area contributed by atoms with Gasteiger partial charge in [0.15, 0.2) is 11.5 Å². The van der Waals surface area contributed by atoms with E-state index in [2.05, 4.69) is 10.5 Å². The third kappa shape index (κ3) is 4.99. The number of hydrogen-bond acceptors (Lipinski definition) is 5. The number of ether oxygens (including phenoxy) is 2. The molecule has 3 aromatic carbocycles. The molecule has 0 atom stereocenters. The number of allylic oxidation sites excluding steroid dienone is 1. The molecule has 1 aliphatic rings. The Balaban J connectivity index is 1.62. The van der Waals surface area contributed by atoms with Crippen LogP contribution in [0.5, 0.6) is 11.5 Å². The number of benzene rings is 3. The third-order valence-electron chi connectivity index (χ3n) is 4.48. The molecule has 6 nitrogen and oxygen atoms in total. The van der Waals surface area contributed by atoms with E-state index in [9.17, 15) is 4.79 Å².